The second-order valence-corrected chi connectivity index (χ2v) is 10.2. The lowest BCUT2D eigenvalue weighted by atomic mass is 9.49. The zero-order chi connectivity index (χ0) is 19.4. The molecule has 1 aromatic heterocycles. The van der Waals surface area contributed by atoms with E-state index in [2.05, 4.69) is 37.5 Å². The van der Waals surface area contributed by atoms with Crippen LogP contribution in [0.5, 0.6) is 0 Å². The molecule has 4 rings (SSSR count). The molecule has 4 nitrogen and oxygen atoms in total. The average molecular weight is 373 g/mol. The lowest BCUT2D eigenvalue weighted by Gasteiger charge is -2.56. The molecule has 3 aliphatic carbocycles. The van der Waals surface area contributed by atoms with Gasteiger partial charge in [-0.25, -0.2) is 0 Å². The van der Waals surface area contributed by atoms with Crippen LogP contribution < -0.4 is 0 Å². The Hall–Kier alpha value is -1.13. The van der Waals surface area contributed by atoms with Gasteiger partial charge in [0.05, 0.1) is 6.20 Å². The van der Waals surface area contributed by atoms with Crippen molar-refractivity contribution in [2.24, 2.45) is 40.4 Å². The second kappa shape index (κ2) is 6.73. The van der Waals surface area contributed by atoms with Crippen LogP contribution in [0, 0.1) is 40.4 Å². The Morgan fingerprint density at radius 2 is 1.93 bits per heavy atom. The maximum Gasteiger partial charge on any atom is 0.0522 e. The van der Waals surface area contributed by atoms with Gasteiger partial charge < -0.3 is 10.2 Å². The molecule has 0 spiro atoms. The first kappa shape index (κ1) is 19.2. The Kier molecular flexibility index (Phi) is 4.79. The van der Waals surface area contributed by atoms with Crippen molar-refractivity contribution in [1.82, 2.24) is 10.2 Å². The highest BCUT2D eigenvalue weighted by Gasteiger charge is 2.58. The molecule has 4 heteroatoms. The molecule has 2 saturated carbocycles. The van der Waals surface area contributed by atoms with Gasteiger partial charge >= 0.3 is 0 Å². The third-order valence-electron chi connectivity index (χ3n) is 9.07. The number of hydrogen-bond acceptors (Lipinski definition) is 3. The summed E-state index contributed by atoms with van der Waals surface area (Å²) in [6.45, 7) is 11.8. The zero-order valence-corrected chi connectivity index (χ0v) is 17.2. The van der Waals surface area contributed by atoms with Crippen molar-refractivity contribution in [1.29, 1.82) is 0 Å². The molecule has 150 valence electrons. The highest BCUT2D eigenvalue weighted by Crippen LogP contribution is 2.64. The van der Waals surface area contributed by atoms with E-state index in [-0.39, 0.29) is 30.0 Å². The fourth-order valence-electron chi connectivity index (χ4n) is 7.58. The number of nitrogens with one attached hydrogen (secondary N) is 1. The molecule has 3 aliphatic rings. The first-order chi connectivity index (χ1) is 12.8. The molecule has 0 unspecified atom stereocenters. The van der Waals surface area contributed by atoms with Crippen molar-refractivity contribution in [3.8, 4) is 0 Å². The number of rotatable bonds is 4. The van der Waals surface area contributed by atoms with Crippen LogP contribution in [0.4, 0.5) is 0 Å². The standard InChI is InChI=1S/C23H36N2O2/c1-14(2)18-5-6-19-17(13-27)20(7-8-22(18,19)3)23(4)10-15-11-24-25-21(15)9-16(23)12-26/h11,16-20,26-27H,1,5-10,12-13H2,2-4H3,(H,24,25)/t16-,17+,18-,19+,20+,22-,23+/m1/s1. The van der Waals surface area contributed by atoms with Gasteiger partial charge in [0.15, 0.2) is 0 Å². The number of aliphatic hydroxyl groups is 2. The van der Waals surface area contributed by atoms with E-state index in [1.165, 1.54) is 36.1 Å². The predicted molar refractivity (Wildman–Crippen MR) is 107 cm³/mol. The highest BCUT2D eigenvalue weighted by atomic mass is 16.3. The van der Waals surface area contributed by atoms with Crippen LogP contribution in [0.1, 0.15) is 57.7 Å². The van der Waals surface area contributed by atoms with Crippen LogP contribution in [0.25, 0.3) is 0 Å². The van der Waals surface area contributed by atoms with Crippen molar-refractivity contribution in [2.75, 3.05) is 13.2 Å². The molecule has 0 bridgehead atoms. The summed E-state index contributed by atoms with van der Waals surface area (Å²) in [7, 11) is 0. The number of nitrogens with zero attached hydrogens (tertiary/aromatic N) is 1. The van der Waals surface area contributed by atoms with E-state index in [0.717, 1.165) is 19.3 Å². The number of aromatic amines is 1. The summed E-state index contributed by atoms with van der Waals surface area (Å²) in [4.78, 5) is 0. The molecule has 0 aromatic carbocycles. The summed E-state index contributed by atoms with van der Waals surface area (Å²) in [5.41, 5.74) is 4.10. The van der Waals surface area contributed by atoms with Crippen LogP contribution in [-0.2, 0) is 12.8 Å². The normalized spacial score (nSPS) is 44.0. The predicted octanol–water partition coefficient (Wildman–Crippen LogP) is 3.75. The van der Waals surface area contributed by atoms with Gasteiger partial charge in [-0.3, -0.25) is 5.10 Å². The highest BCUT2D eigenvalue weighted by molar-refractivity contribution is 5.25. The Morgan fingerprint density at radius 3 is 2.59 bits per heavy atom. The van der Waals surface area contributed by atoms with Crippen LogP contribution >= 0.6 is 0 Å². The van der Waals surface area contributed by atoms with Gasteiger partial charge in [0.25, 0.3) is 0 Å². The van der Waals surface area contributed by atoms with E-state index in [1.807, 2.05) is 6.20 Å². The number of fused-ring (bicyclic) bond motifs is 2. The molecule has 0 saturated heterocycles. The first-order valence-corrected chi connectivity index (χ1v) is 10.7. The monoisotopic (exact) mass is 372 g/mol. The number of aromatic nitrogens is 2. The van der Waals surface area contributed by atoms with E-state index >= 15 is 0 Å². The van der Waals surface area contributed by atoms with Crippen molar-refractivity contribution in [3.63, 3.8) is 0 Å². The number of allylic oxidation sites excluding steroid dienone is 1. The van der Waals surface area contributed by atoms with E-state index in [0.29, 0.717) is 23.7 Å². The SMILES string of the molecule is C=C(C)[C@H]1CC[C@H]2[C@H](CO)[C@@H]([C@@]3(C)Cc4cn[nH]c4C[C@@H]3CO)CC[C@]12C. The fourth-order valence-corrected chi connectivity index (χ4v) is 7.58. The summed E-state index contributed by atoms with van der Waals surface area (Å²) < 4.78 is 0. The Bertz CT molecular complexity index is 713. The molecule has 0 amide bonds. The molecular weight excluding hydrogens is 336 g/mol. The molecule has 0 aliphatic heterocycles. The first-order valence-electron chi connectivity index (χ1n) is 10.7. The van der Waals surface area contributed by atoms with Crippen molar-refractivity contribution < 1.29 is 10.2 Å². The topological polar surface area (TPSA) is 69.1 Å². The molecule has 27 heavy (non-hydrogen) atoms. The van der Waals surface area contributed by atoms with Crippen LogP contribution in [-0.4, -0.2) is 33.6 Å². The quantitative estimate of drug-likeness (QED) is 0.705. The number of hydrogen-bond donors (Lipinski definition) is 3. The Morgan fingerprint density at radius 1 is 1.19 bits per heavy atom. The smallest absolute Gasteiger partial charge is 0.0522 e. The maximum absolute atomic E-state index is 10.5. The van der Waals surface area contributed by atoms with Gasteiger partial charge in [-0.05, 0) is 91.4 Å². The number of aliphatic hydroxyl groups excluding tert-OH is 2. The maximum atomic E-state index is 10.5. The van der Waals surface area contributed by atoms with Crippen LogP contribution in [0.15, 0.2) is 18.3 Å². The summed E-state index contributed by atoms with van der Waals surface area (Å²) >= 11 is 0. The molecule has 7 atom stereocenters. The fraction of sp³-hybridized carbons (Fsp3) is 0.783. The van der Waals surface area contributed by atoms with Crippen LogP contribution in [0.3, 0.4) is 0 Å². The lowest BCUT2D eigenvalue weighted by Crippen LogP contribution is -2.53. The zero-order valence-electron chi connectivity index (χ0n) is 17.2. The summed E-state index contributed by atoms with van der Waals surface area (Å²) in [6, 6.07) is 0. The molecule has 3 N–H and O–H groups in total. The summed E-state index contributed by atoms with van der Waals surface area (Å²) in [6.07, 6.45) is 8.56. The minimum atomic E-state index is 0.0155. The van der Waals surface area contributed by atoms with Crippen molar-refractivity contribution in [2.45, 2.75) is 59.3 Å². The second-order valence-electron chi connectivity index (χ2n) is 10.2. The van der Waals surface area contributed by atoms with Crippen LogP contribution in [0.2, 0.25) is 0 Å². The van der Waals surface area contributed by atoms with Gasteiger partial charge in [-0.1, -0.05) is 26.0 Å². The molecule has 0 radical (unpaired) electrons. The minimum absolute atomic E-state index is 0.0155. The van der Waals surface area contributed by atoms with E-state index in [9.17, 15) is 10.2 Å². The van der Waals surface area contributed by atoms with Gasteiger partial charge in [0.2, 0.25) is 0 Å². The van der Waals surface area contributed by atoms with E-state index < -0.39 is 0 Å². The summed E-state index contributed by atoms with van der Waals surface area (Å²) in [5, 5.41) is 28.1. The van der Waals surface area contributed by atoms with Gasteiger partial charge in [0, 0.05) is 18.9 Å². The lowest BCUT2D eigenvalue weighted by molar-refractivity contribution is -0.0865. The Labute approximate surface area is 163 Å². The van der Waals surface area contributed by atoms with Crippen molar-refractivity contribution >= 4 is 0 Å². The third kappa shape index (κ3) is 2.74. The Balaban J connectivity index is 1.67. The van der Waals surface area contributed by atoms with Gasteiger partial charge in [0.1, 0.15) is 0 Å². The minimum Gasteiger partial charge on any atom is -0.396 e. The third-order valence-corrected chi connectivity index (χ3v) is 9.07. The molecule has 1 heterocycles. The molecule has 2 fully saturated rings. The largest absolute Gasteiger partial charge is 0.396 e. The van der Waals surface area contributed by atoms with Crippen molar-refractivity contribution in [3.05, 3.63) is 29.6 Å². The van der Waals surface area contributed by atoms with E-state index in [4.69, 9.17) is 0 Å². The molecule has 1 aromatic rings. The van der Waals surface area contributed by atoms with E-state index in [1.54, 1.807) is 0 Å². The average Bonchev–Trinajstić information content (AvgIpc) is 3.22. The number of H-pyrrole nitrogens is 1. The molecular formula is C23H36N2O2. The summed E-state index contributed by atoms with van der Waals surface area (Å²) in [5.74, 6) is 2.15. The van der Waals surface area contributed by atoms with Gasteiger partial charge in [-0.15, -0.1) is 0 Å². The van der Waals surface area contributed by atoms with Gasteiger partial charge in [-0.2, -0.15) is 5.10 Å².